The molecule has 0 spiro atoms. The van der Waals surface area contributed by atoms with Crippen LogP contribution in [0.2, 0.25) is 0 Å². The minimum atomic E-state index is -0.870. The predicted molar refractivity (Wildman–Crippen MR) is 82.5 cm³/mol. The Labute approximate surface area is 127 Å². The third-order valence-corrected chi connectivity index (χ3v) is 4.34. The summed E-state index contributed by atoms with van der Waals surface area (Å²) in [6, 6.07) is 5.64. The van der Waals surface area contributed by atoms with Crippen molar-refractivity contribution >= 4 is 33.4 Å². The van der Waals surface area contributed by atoms with Crippen LogP contribution < -0.4 is 10.6 Å². The lowest BCUT2D eigenvalue weighted by atomic mass is 10.0. The number of benzene rings is 1. The van der Waals surface area contributed by atoms with E-state index in [9.17, 15) is 9.59 Å². The van der Waals surface area contributed by atoms with Gasteiger partial charge in [-0.05, 0) is 57.4 Å². The molecule has 1 saturated carbocycles. The molecule has 5 heteroatoms. The molecular formula is C15H19BrN2O2. The molecule has 1 aromatic rings. The molecule has 1 aliphatic carbocycles. The van der Waals surface area contributed by atoms with Crippen LogP contribution in [0.1, 0.15) is 32.3 Å². The van der Waals surface area contributed by atoms with Gasteiger partial charge in [0.2, 0.25) is 11.8 Å². The van der Waals surface area contributed by atoms with Gasteiger partial charge in [-0.15, -0.1) is 0 Å². The van der Waals surface area contributed by atoms with Gasteiger partial charge in [0.1, 0.15) is 5.41 Å². The quantitative estimate of drug-likeness (QED) is 0.829. The molecule has 0 saturated heterocycles. The van der Waals surface area contributed by atoms with Gasteiger partial charge >= 0.3 is 0 Å². The molecule has 0 heterocycles. The fourth-order valence-electron chi connectivity index (χ4n) is 2.06. The molecular weight excluding hydrogens is 320 g/mol. The van der Waals surface area contributed by atoms with Crippen molar-refractivity contribution in [3.05, 3.63) is 28.2 Å². The number of amides is 2. The van der Waals surface area contributed by atoms with Crippen LogP contribution in [0.25, 0.3) is 0 Å². The standard InChI is InChI=1S/C15H19BrN2O2/c1-9(2)17-13(19)15(6-7-15)14(20)18-11-4-5-12(16)10(3)8-11/h4-5,8-9H,6-7H2,1-3H3,(H,17,19)(H,18,20). The van der Waals surface area contributed by atoms with E-state index in [0.29, 0.717) is 12.8 Å². The van der Waals surface area contributed by atoms with E-state index in [4.69, 9.17) is 0 Å². The average Bonchev–Trinajstić information content (AvgIpc) is 3.14. The summed E-state index contributed by atoms with van der Waals surface area (Å²) in [5.41, 5.74) is 0.893. The van der Waals surface area contributed by atoms with Crippen LogP contribution in [0, 0.1) is 12.3 Å². The molecule has 0 aromatic heterocycles. The number of aryl methyl sites for hydroxylation is 1. The maximum absolute atomic E-state index is 12.3. The topological polar surface area (TPSA) is 58.2 Å². The zero-order valence-corrected chi connectivity index (χ0v) is 13.5. The lowest BCUT2D eigenvalue weighted by molar-refractivity contribution is -0.134. The van der Waals surface area contributed by atoms with Crippen LogP contribution in [0.3, 0.4) is 0 Å². The molecule has 1 fully saturated rings. The zero-order chi connectivity index (χ0) is 14.9. The number of rotatable bonds is 4. The Hall–Kier alpha value is -1.36. The van der Waals surface area contributed by atoms with Crippen molar-refractivity contribution in [1.29, 1.82) is 0 Å². The SMILES string of the molecule is Cc1cc(NC(=O)C2(C(=O)NC(C)C)CC2)ccc1Br. The first-order chi connectivity index (χ1) is 9.35. The summed E-state index contributed by atoms with van der Waals surface area (Å²) in [6.07, 6.45) is 1.24. The molecule has 2 amide bonds. The third-order valence-electron chi connectivity index (χ3n) is 3.45. The van der Waals surface area contributed by atoms with Crippen LogP contribution in [-0.2, 0) is 9.59 Å². The van der Waals surface area contributed by atoms with E-state index < -0.39 is 5.41 Å². The van der Waals surface area contributed by atoms with Crippen molar-refractivity contribution in [2.24, 2.45) is 5.41 Å². The Morgan fingerprint density at radius 3 is 2.40 bits per heavy atom. The van der Waals surface area contributed by atoms with Crippen LogP contribution in [0.5, 0.6) is 0 Å². The number of carbonyl (C=O) groups excluding carboxylic acids is 2. The lowest BCUT2D eigenvalue weighted by Crippen LogP contribution is -2.42. The van der Waals surface area contributed by atoms with Gasteiger partial charge in [-0.25, -0.2) is 0 Å². The van der Waals surface area contributed by atoms with Crippen molar-refractivity contribution in [2.75, 3.05) is 5.32 Å². The van der Waals surface area contributed by atoms with Gasteiger partial charge in [-0.2, -0.15) is 0 Å². The van der Waals surface area contributed by atoms with E-state index in [0.717, 1.165) is 15.7 Å². The van der Waals surface area contributed by atoms with E-state index in [2.05, 4.69) is 26.6 Å². The van der Waals surface area contributed by atoms with Gasteiger partial charge in [-0.1, -0.05) is 15.9 Å². The molecule has 2 rings (SSSR count). The summed E-state index contributed by atoms with van der Waals surface area (Å²) in [6.45, 7) is 5.74. The lowest BCUT2D eigenvalue weighted by Gasteiger charge is -2.17. The largest absolute Gasteiger partial charge is 0.353 e. The Bertz CT molecular complexity index is 551. The van der Waals surface area contributed by atoms with E-state index in [1.807, 2.05) is 39.0 Å². The molecule has 0 aliphatic heterocycles. The fraction of sp³-hybridized carbons (Fsp3) is 0.467. The normalized spacial score (nSPS) is 15.8. The summed E-state index contributed by atoms with van der Waals surface area (Å²) in [5.74, 6) is -0.379. The highest BCUT2D eigenvalue weighted by atomic mass is 79.9. The smallest absolute Gasteiger partial charge is 0.240 e. The maximum Gasteiger partial charge on any atom is 0.240 e. The number of anilines is 1. The van der Waals surface area contributed by atoms with Crippen molar-refractivity contribution in [3.8, 4) is 0 Å². The zero-order valence-electron chi connectivity index (χ0n) is 11.9. The predicted octanol–water partition coefficient (Wildman–Crippen LogP) is 3.00. The van der Waals surface area contributed by atoms with Gasteiger partial charge in [0.15, 0.2) is 0 Å². The first-order valence-corrected chi connectivity index (χ1v) is 7.53. The Kier molecular flexibility index (Phi) is 4.18. The summed E-state index contributed by atoms with van der Waals surface area (Å²) in [5, 5.41) is 5.67. The minimum absolute atomic E-state index is 0.0442. The third kappa shape index (κ3) is 3.03. The Morgan fingerprint density at radius 1 is 1.25 bits per heavy atom. The van der Waals surface area contributed by atoms with Gasteiger partial charge in [0.05, 0.1) is 0 Å². The van der Waals surface area contributed by atoms with E-state index >= 15 is 0 Å². The van der Waals surface area contributed by atoms with Crippen LogP contribution in [0.15, 0.2) is 22.7 Å². The second kappa shape index (κ2) is 5.56. The number of halogens is 1. The van der Waals surface area contributed by atoms with Crippen molar-refractivity contribution < 1.29 is 9.59 Å². The van der Waals surface area contributed by atoms with Crippen LogP contribution in [0.4, 0.5) is 5.69 Å². The molecule has 0 atom stereocenters. The molecule has 0 unspecified atom stereocenters. The fourth-order valence-corrected chi connectivity index (χ4v) is 2.30. The van der Waals surface area contributed by atoms with E-state index in [1.165, 1.54) is 0 Å². The summed E-state index contributed by atoms with van der Waals surface area (Å²) >= 11 is 3.42. The second-order valence-corrected chi connectivity index (χ2v) is 6.48. The number of hydrogen-bond donors (Lipinski definition) is 2. The number of hydrogen-bond acceptors (Lipinski definition) is 2. The Morgan fingerprint density at radius 2 is 1.90 bits per heavy atom. The second-order valence-electron chi connectivity index (χ2n) is 5.63. The average molecular weight is 339 g/mol. The van der Waals surface area contributed by atoms with Crippen molar-refractivity contribution in [2.45, 2.75) is 39.7 Å². The summed E-state index contributed by atoms with van der Waals surface area (Å²) < 4.78 is 0.995. The van der Waals surface area contributed by atoms with Crippen molar-refractivity contribution in [3.63, 3.8) is 0 Å². The molecule has 0 radical (unpaired) electrons. The summed E-state index contributed by atoms with van der Waals surface area (Å²) in [7, 11) is 0. The number of nitrogens with one attached hydrogen (secondary N) is 2. The molecule has 1 aliphatic rings. The minimum Gasteiger partial charge on any atom is -0.353 e. The van der Waals surface area contributed by atoms with Crippen LogP contribution in [-0.4, -0.2) is 17.9 Å². The molecule has 20 heavy (non-hydrogen) atoms. The first-order valence-electron chi connectivity index (χ1n) is 6.74. The molecule has 1 aromatic carbocycles. The number of carbonyl (C=O) groups is 2. The van der Waals surface area contributed by atoms with Gasteiger partial charge < -0.3 is 10.6 Å². The highest BCUT2D eigenvalue weighted by Gasteiger charge is 2.56. The molecule has 108 valence electrons. The van der Waals surface area contributed by atoms with Crippen molar-refractivity contribution in [1.82, 2.24) is 5.32 Å². The highest BCUT2D eigenvalue weighted by Crippen LogP contribution is 2.47. The first kappa shape index (κ1) is 15.0. The monoisotopic (exact) mass is 338 g/mol. The van der Waals surface area contributed by atoms with Gasteiger partial charge in [0, 0.05) is 16.2 Å². The molecule has 2 N–H and O–H groups in total. The van der Waals surface area contributed by atoms with E-state index in [-0.39, 0.29) is 17.9 Å². The molecule has 4 nitrogen and oxygen atoms in total. The van der Waals surface area contributed by atoms with E-state index in [1.54, 1.807) is 0 Å². The Balaban J connectivity index is 2.08. The highest BCUT2D eigenvalue weighted by molar-refractivity contribution is 9.10. The van der Waals surface area contributed by atoms with Gasteiger partial charge in [-0.3, -0.25) is 9.59 Å². The summed E-state index contributed by atoms with van der Waals surface area (Å²) in [4.78, 5) is 24.4. The van der Waals surface area contributed by atoms with Crippen LogP contribution >= 0.6 is 15.9 Å². The molecule has 0 bridgehead atoms. The van der Waals surface area contributed by atoms with Gasteiger partial charge in [0.25, 0.3) is 0 Å². The maximum atomic E-state index is 12.3.